The molecule has 0 saturated heterocycles. The van der Waals surface area contributed by atoms with E-state index in [1.54, 1.807) is 0 Å². The number of hydrogen-bond donors (Lipinski definition) is 0. The molecular formula is C126H82N2O5S. The maximum atomic E-state index is 7.01. The first-order valence-electron chi connectivity index (χ1n) is 46.0. The van der Waals surface area contributed by atoms with Crippen molar-refractivity contribution in [1.29, 1.82) is 0 Å². The van der Waals surface area contributed by atoms with Crippen molar-refractivity contribution < 1.29 is 22.1 Å². The molecule has 8 heteroatoms. The molecule has 2 aliphatic carbocycles. The quantitative estimate of drug-likeness (QED) is 0.121. The average molecular weight is 1740 g/mol. The molecule has 7 nitrogen and oxygen atoms in total. The SMILES string of the molecule is CC1(C)c2ccccc2-c2c1ccc1c2oc2c(-c3ccc(N(c4ccc(-c5cccc6c5oc5ccccc56)cc4)c4ccc(-c5cccc6c5oc5ccccc56)cc4)cc3)cccc21.CC1(C)c2ccccc2-c2c1ccc1c2sc2c(-c3ccc(N(c4ccc(-c5cccc6c5oc5ccccc56)cc4)c4ccc(-c5cccc6c5oc5ccccc56)cc4)cc3)cccc21. The highest BCUT2D eigenvalue weighted by Gasteiger charge is 2.39. The largest absolute Gasteiger partial charge is 0.455 e. The number of benzene rings is 20. The smallest absolute Gasteiger partial charge is 0.143 e. The zero-order valence-electron chi connectivity index (χ0n) is 73.8. The van der Waals surface area contributed by atoms with Gasteiger partial charge in [-0.15, -0.1) is 11.3 Å². The second kappa shape index (κ2) is 29.9. The van der Waals surface area contributed by atoms with Crippen LogP contribution in [0.5, 0.6) is 0 Å². The monoisotopic (exact) mass is 1730 g/mol. The first kappa shape index (κ1) is 77.2. The second-order valence-electron chi connectivity index (χ2n) is 36.7. The minimum Gasteiger partial charge on any atom is -0.455 e. The van der Waals surface area contributed by atoms with Crippen LogP contribution in [0.4, 0.5) is 34.1 Å². The predicted octanol–water partition coefficient (Wildman–Crippen LogP) is 36.8. The number of rotatable bonds is 12. The van der Waals surface area contributed by atoms with Gasteiger partial charge in [0.25, 0.3) is 0 Å². The van der Waals surface area contributed by atoms with Gasteiger partial charge in [0, 0.05) is 158 Å². The molecule has 6 heterocycles. The average Bonchev–Trinajstić information content (AvgIpc) is 1.55. The van der Waals surface area contributed by atoms with Gasteiger partial charge in [-0.2, -0.15) is 0 Å². The van der Waals surface area contributed by atoms with E-state index in [0.717, 1.165) is 199 Å². The summed E-state index contributed by atoms with van der Waals surface area (Å²) in [4.78, 5) is 4.68. The molecule has 134 heavy (non-hydrogen) atoms. The molecule has 2 aliphatic rings. The molecule has 0 fully saturated rings. The standard InChI is InChI=1S/C63H41NO3.C63H41NO2S/c2*1-63(2)54-21-6-3-14-53(54)58-55(63)37-36-52-51-20-11-17-46(61(51)67-62(52)58)40-28-34-43(35-29-40)64(41-30-24-38(25-31-41)44-15-9-18-49-47-12-4-7-22-56(47)65-59(44)49)42-32-26-39(27-33-42)45-16-10-19-50-48-13-5-8-23-57(48)66-60(45)50/h2*3-37H,1-2H3. The lowest BCUT2D eigenvalue weighted by molar-refractivity contribution is 0.653. The predicted molar refractivity (Wildman–Crippen MR) is 559 cm³/mol. The fraction of sp³-hybridized carbons (Fsp3) is 0.0476. The zero-order chi connectivity index (χ0) is 88.8. The molecule has 20 aromatic carbocycles. The zero-order valence-corrected chi connectivity index (χ0v) is 74.6. The Morgan fingerprint density at radius 3 is 0.761 bits per heavy atom. The van der Waals surface area contributed by atoms with Crippen LogP contribution >= 0.6 is 11.3 Å². The van der Waals surface area contributed by atoms with Crippen LogP contribution in [0.3, 0.4) is 0 Å². The third-order valence-corrected chi connectivity index (χ3v) is 29.9. The Morgan fingerprint density at radius 2 is 0.410 bits per heavy atom. The van der Waals surface area contributed by atoms with Crippen LogP contribution in [0.2, 0.25) is 0 Å². The molecule has 26 aromatic rings. The van der Waals surface area contributed by atoms with Gasteiger partial charge in [-0.05, 0) is 169 Å². The molecule has 0 atom stereocenters. The van der Waals surface area contributed by atoms with Crippen molar-refractivity contribution in [2.75, 3.05) is 9.80 Å². The summed E-state index contributed by atoms with van der Waals surface area (Å²) in [5.74, 6) is 0. The van der Waals surface area contributed by atoms with E-state index in [1.165, 1.54) is 75.8 Å². The third-order valence-electron chi connectivity index (χ3n) is 28.7. The summed E-state index contributed by atoms with van der Waals surface area (Å²) in [7, 11) is 0. The summed E-state index contributed by atoms with van der Waals surface area (Å²) in [6.07, 6.45) is 0. The van der Waals surface area contributed by atoms with Crippen molar-refractivity contribution in [3.8, 4) is 89.0 Å². The van der Waals surface area contributed by atoms with Crippen LogP contribution in [-0.4, -0.2) is 0 Å². The molecule has 28 rings (SSSR count). The van der Waals surface area contributed by atoms with Crippen molar-refractivity contribution in [3.05, 3.63) is 447 Å². The van der Waals surface area contributed by atoms with Gasteiger partial charge < -0.3 is 31.9 Å². The number of anilines is 6. The van der Waals surface area contributed by atoms with E-state index in [1.807, 2.05) is 59.9 Å². The van der Waals surface area contributed by atoms with Crippen LogP contribution < -0.4 is 9.80 Å². The van der Waals surface area contributed by atoms with Crippen molar-refractivity contribution in [2.24, 2.45) is 0 Å². The molecular weight excluding hydrogens is 1650 g/mol. The van der Waals surface area contributed by atoms with Gasteiger partial charge in [0.05, 0.1) is 0 Å². The van der Waals surface area contributed by atoms with E-state index in [0.29, 0.717) is 0 Å². The lowest BCUT2D eigenvalue weighted by atomic mass is 9.82. The van der Waals surface area contributed by atoms with Crippen molar-refractivity contribution in [1.82, 2.24) is 0 Å². The van der Waals surface area contributed by atoms with Gasteiger partial charge in [-0.1, -0.05) is 355 Å². The van der Waals surface area contributed by atoms with Crippen LogP contribution in [0.25, 0.3) is 219 Å². The summed E-state index contributed by atoms with van der Waals surface area (Å²) in [6, 6.07) is 152. The fourth-order valence-electron chi connectivity index (χ4n) is 22.1. The van der Waals surface area contributed by atoms with Gasteiger partial charge in [-0.3, -0.25) is 0 Å². The Morgan fingerprint density at radius 1 is 0.172 bits per heavy atom. The third kappa shape index (κ3) is 11.9. The Labute approximate surface area is 776 Å². The number of para-hydroxylation sites is 9. The normalized spacial score (nSPS) is 13.0. The van der Waals surface area contributed by atoms with Gasteiger partial charge in [0.2, 0.25) is 0 Å². The molecule has 0 radical (unpaired) electrons. The molecule has 0 unspecified atom stereocenters. The van der Waals surface area contributed by atoms with Crippen LogP contribution in [0, 0.1) is 0 Å². The molecule has 6 aromatic heterocycles. The Kier molecular flexibility index (Phi) is 17.2. The van der Waals surface area contributed by atoms with Crippen LogP contribution in [0.15, 0.2) is 447 Å². The minimum atomic E-state index is -0.102. The van der Waals surface area contributed by atoms with E-state index >= 15 is 0 Å². The number of nitrogens with zero attached hydrogens (tertiary/aromatic N) is 2. The van der Waals surface area contributed by atoms with Gasteiger partial charge in [0.1, 0.15) is 55.8 Å². The van der Waals surface area contributed by atoms with E-state index in [2.05, 4.69) is 414 Å². The lowest BCUT2D eigenvalue weighted by Crippen LogP contribution is -2.14. The molecule has 0 bridgehead atoms. The fourth-order valence-corrected chi connectivity index (χ4v) is 23.5. The number of fused-ring (bicyclic) bond motifs is 26. The van der Waals surface area contributed by atoms with E-state index < -0.39 is 0 Å². The van der Waals surface area contributed by atoms with Gasteiger partial charge in [0.15, 0.2) is 0 Å². The summed E-state index contributed by atoms with van der Waals surface area (Å²) in [5, 5.41) is 13.9. The maximum Gasteiger partial charge on any atom is 0.143 e. The number of thiophene rings is 1. The first-order chi connectivity index (χ1) is 65.9. The van der Waals surface area contributed by atoms with E-state index in [-0.39, 0.29) is 10.8 Å². The number of hydrogen-bond acceptors (Lipinski definition) is 8. The van der Waals surface area contributed by atoms with Gasteiger partial charge >= 0.3 is 0 Å². The highest BCUT2D eigenvalue weighted by atomic mass is 32.1. The van der Waals surface area contributed by atoms with Crippen molar-refractivity contribution >= 4 is 175 Å². The van der Waals surface area contributed by atoms with Crippen molar-refractivity contribution in [2.45, 2.75) is 38.5 Å². The first-order valence-corrected chi connectivity index (χ1v) is 46.8. The summed E-state index contributed by atoms with van der Waals surface area (Å²) >= 11 is 1.94. The maximum absolute atomic E-state index is 7.01. The Hall–Kier alpha value is -16.8. The topological polar surface area (TPSA) is 72.2 Å². The van der Waals surface area contributed by atoms with E-state index in [9.17, 15) is 0 Å². The Balaban J connectivity index is 0.000000136. The molecule has 0 amide bonds. The molecule has 632 valence electrons. The molecule has 0 spiro atoms. The number of furan rings is 5. The van der Waals surface area contributed by atoms with Gasteiger partial charge in [-0.25, -0.2) is 0 Å². The van der Waals surface area contributed by atoms with Crippen LogP contribution in [-0.2, 0) is 10.8 Å². The summed E-state index contributed by atoms with van der Waals surface area (Å²) in [5.41, 5.74) is 39.3. The second-order valence-corrected chi connectivity index (χ2v) is 37.7. The minimum absolute atomic E-state index is 0.0351. The van der Waals surface area contributed by atoms with Crippen molar-refractivity contribution in [3.63, 3.8) is 0 Å². The lowest BCUT2D eigenvalue weighted by Gasteiger charge is -2.26. The highest BCUT2D eigenvalue weighted by molar-refractivity contribution is 7.27. The Bertz CT molecular complexity index is 8450. The van der Waals surface area contributed by atoms with E-state index in [4.69, 9.17) is 22.1 Å². The van der Waals surface area contributed by atoms with Crippen LogP contribution in [0.1, 0.15) is 49.9 Å². The summed E-state index contributed by atoms with van der Waals surface area (Å²) < 4.78 is 35.5. The molecule has 0 N–H and O–H groups in total. The highest BCUT2D eigenvalue weighted by Crippen LogP contribution is 2.57. The summed E-state index contributed by atoms with van der Waals surface area (Å²) in [6.45, 7) is 9.36. The molecule has 0 saturated carbocycles. The molecule has 0 aliphatic heterocycles.